The Morgan fingerprint density at radius 1 is 1.19 bits per heavy atom. The lowest BCUT2D eigenvalue weighted by atomic mass is 10.1. The van der Waals surface area contributed by atoms with E-state index in [9.17, 15) is 0 Å². The van der Waals surface area contributed by atoms with Crippen LogP contribution in [0.4, 0.5) is 0 Å². The first-order valence-corrected chi connectivity index (χ1v) is 10.8. The van der Waals surface area contributed by atoms with Gasteiger partial charge in [-0.2, -0.15) is 0 Å². The number of nitrogens with zero attached hydrogens (tertiary/aromatic N) is 3. The molecule has 162 valence electrons. The zero-order valence-electron chi connectivity index (χ0n) is 18.3. The number of aryl methyl sites for hydroxylation is 1. The molecule has 6 nitrogen and oxygen atoms in total. The molecule has 1 aliphatic rings. The molecule has 0 saturated carbocycles. The Balaban J connectivity index is 1.24. The maximum Gasteiger partial charge on any atom is 0.226 e. The van der Waals surface area contributed by atoms with Crippen molar-refractivity contribution < 1.29 is 9.15 Å². The second-order valence-electron chi connectivity index (χ2n) is 8.01. The van der Waals surface area contributed by atoms with Gasteiger partial charge in [-0.05, 0) is 31.0 Å². The van der Waals surface area contributed by atoms with Crippen LogP contribution in [-0.2, 0) is 17.9 Å². The number of ether oxygens (including phenoxy) is 1. The first-order chi connectivity index (χ1) is 15.2. The van der Waals surface area contributed by atoms with Gasteiger partial charge in [0.1, 0.15) is 6.26 Å². The second kappa shape index (κ2) is 10.3. The summed E-state index contributed by atoms with van der Waals surface area (Å²) >= 11 is 0. The van der Waals surface area contributed by atoms with E-state index in [-0.39, 0.29) is 0 Å². The number of aromatic nitrogens is 1. The average molecular weight is 419 g/mol. The SMILES string of the molecule is CN=C(NCc1coc(-c2ccc(C)cc2)n1)N1CCC(COCc2ccccc2)C1. The van der Waals surface area contributed by atoms with Crippen molar-refractivity contribution in [1.29, 1.82) is 0 Å². The van der Waals surface area contributed by atoms with Crippen molar-refractivity contribution in [3.63, 3.8) is 0 Å². The summed E-state index contributed by atoms with van der Waals surface area (Å²) in [4.78, 5) is 11.3. The van der Waals surface area contributed by atoms with Gasteiger partial charge >= 0.3 is 0 Å². The van der Waals surface area contributed by atoms with Gasteiger partial charge in [0.05, 0.1) is 25.5 Å². The van der Waals surface area contributed by atoms with E-state index in [0.29, 0.717) is 25.0 Å². The number of benzene rings is 2. The Morgan fingerprint density at radius 3 is 2.77 bits per heavy atom. The molecule has 2 aromatic carbocycles. The van der Waals surface area contributed by atoms with Crippen LogP contribution >= 0.6 is 0 Å². The van der Waals surface area contributed by atoms with Crippen molar-refractivity contribution in [2.24, 2.45) is 10.9 Å². The van der Waals surface area contributed by atoms with Crippen molar-refractivity contribution in [3.05, 3.63) is 77.7 Å². The van der Waals surface area contributed by atoms with Gasteiger partial charge < -0.3 is 19.4 Å². The van der Waals surface area contributed by atoms with Crippen LogP contribution in [0.15, 0.2) is 70.3 Å². The lowest BCUT2D eigenvalue weighted by Crippen LogP contribution is -2.39. The minimum absolute atomic E-state index is 0.516. The van der Waals surface area contributed by atoms with Gasteiger partial charge in [-0.3, -0.25) is 4.99 Å². The van der Waals surface area contributed by atoms with E-state index in [2.05, 4.69) is 51.4 Å². The molecule has 4 rings (SSSR count). The van der Waals surface area contributed by atoms with Gasteiger partial charge in [0.15, 0.2) is 5.96 Å². The zero-order chi connectivity index (χ0) is 21.5. The van der Waals surface area contributed by atoms with Crippen LogP contribution in [0.5, 0.6) is 0 Å². The third kappa shape index (κ3) is 5.73. The molecule has 1 saturated heterocycles. The van der Waals surface area contributed by atoms with Crippen LogP contribution in [0.25, 0.3) is 11.5 Å². The predicted octanol–water partition coefficient (Wildman–Crippen LogP) is 4.26. The third-order valence-corrected chi connectivity index (χ3v) is 5.54. The minimum Gasteiger partial charge on any atom is -0.444 e. The topological polar surface area (TPSA) is 62.9 Å². The zero-order valence-corrected chi connectivity index (χ0v) is 18.3. The largest absolute Gasteiger partial charge is 0.444 e. The van der Waals surface area contributed by atoms with E-state index in [1.807, 2.05) is 37.4 Å². The summed E-state index contributed by atoms with van der Waals surface area (Å²) < 4.78 is 11.6. The normalized spacial score (nSPS) is 16.6. The Morgan fingerprint density at radius 2 is 2.00 bits per heavy atom. The van der Waals surface area contributed by atoms with E-state index in [4.69, 9.17) is 9.15 Å². The Hall–Kier alpha value is -3.12. The van der Waals surface area contributed by atoms with E-state index in [0.717, 1.165) is 43.3 Å². The number of hydrogen-bond acceptors (Lipinski definition) is 4. The summed E-state index contributed by atoms with van der Waals surface area (Å²) in [6.45, 7) is 6.01. The Kier molecular flexibility index (Phi) is 6.99. The number of nitrogens with one attached hydrogen (secondary N) is 1. The standard InChI is InChI=1S/C25H30N4O2/c1-19-8-10-22(11-9-19)24-28-23(18-31-24)14-27-25(26-2)29-13-12-21(15-29)17-30-16-20-6-4-3-5-7-20/h3-11,18,21H,12-17H2,1-2H3,(H,26,27). The van der Waals surface area contributed by atoms with Crippen molar-refractivity contribution in [3.8, 4) is 11.5 Å². The monoisotopic (exact) mass is 418 g/mol. The summed E-state index contributed by atoms with van der Waals surface area (Å²) in [5, 5.41) is 3.42. The van der Waals surface area contributed by atoms with E-state index in [1.165, 1.54) is 11.1 Å². The quantitative estimate of drug-likeness (QED) is 0.459. The molecular weight excluding hydrogens is 388 g/mol. The molecule has 1 aromatic heterocycles. The van der Waals surface area contributed by atoms with E-state index >= 15 is 0 Å². The second-order valence-corrected chi connectivity index (χ2v) is 8.01. The van der Waals surface area contributed by atoms with Gasteiger partial charge in [0, 0.05) is 31.6 Å². The van der Waals surface area contributed by atoms with Crippen molar-refractivity contribution in [1.82, 2.24) is 15.2 Å². The van der Waals surface area contributed by atoms with Crippen molar-refractivity contribution in [2.45, 2.75) is 26.5 Å². The smallest absolute Gasteiger partial charge is 0.226 e. The first kappa shape index (κ1) is 21.1. The molecular formula is C25H30N4O2. The fourth-order valence-corrected chi connectivity index (χ4v) is 3.80. The van der Waals surface area contributed by atoms with E-state index in [1.54, 1.807) is 6.26 Å². The van der Waals surface area contributed by atoms with Crippen LogP contribution in [0, 0.1) is 12.8 Å². The Bertz CT molecular complexity index is 982. The molecule has 1 unspecified atom stereocenters. The maximum absolute atomic E-state index is 5.94. The molecule has 1 aliphatic heterocycles. The number of likely N-dealkylation sites (tertiary alicyclic amines) is 1. The highest BCUT2D eigenvalue weighted by atomic mass is 16.5. The summed E-state index contributed by atoms with van der Waals surface area (Å²) in [5.41, 5.74) is 4.28. The third-order valence-electron chi connectivity index (χ3n) is 5.54. The summed E-state index contributed by atoms with van der Waals surface area (Å²) in [6.07, 6.45) is 2.82. The molecule has 1 N–H and O–H groups in total. The number of guanidine groups is 1. The average Bonchev–Trinajstić information content (AvgIpc) is 3.46. The lowest BCUT2D eigenvalue weighted by molar-refractivity contribution is 0.0906. The maximum atomic E-state index is 5.94. The molecule has 31 heavy (non-hydrogen) atoms. The van der Waals surface area contributed by atoms with Crippen LogP contribution in [-0.4, -0.2) is 42.6 Å². The fourth-order valence-electron chi connectivity index (χ4n) is 3.80. The van der Waals surface area contributed by atoms with E-state index < -0.39 is 0 Å². The van der Waals surface area contributed by atoms with Gasteiger partial charge in [-0.1, -0.05) is 48.0 Å². The van der Waals surface area contributed by atoms with Gasteiger partial charge in [0.2, 0.25) is 5.89 Å². The number of rotatable bonds is 7. The lowest BCUT2D eigenvalue weighted by Gasteiger charge is -2.21. The minimum atomic E-state index is 0.516. The fraction of sp³-hybridized carbons (Fsp3) is 0.360. The van der Waals surface area contributed by atoms with Crippen LogP contribution < -0.4 is 5.32 Å². The highest BCUT2D eigenvalue weighted by Gasteiger charge is 2.25. The molecule has 6 heteroatoms. The van der Waals surface area contributed by atoms with Gasteiger partial charge in [0.25, 0.3) is 0 Å². The molecule has 3 aromatic rings. The molecule has 0 spiro atoms. The molecule has 0 amide bonds. The Labute approximate surface area is 184 Å². The molecule has 0 bridgehead atoms. The first-order valence-electron chi connectivity index (χ1n) is 10.8. The molecule has 0 radical (unpaired) electrons. The highest BCUT2D eigenvalue weighted by Crippen LogP contribution is 2.20. The molecule has 0 aliphatic carbocycles. The predicted molar refractivity (Wildman–Crippen MR) is 123 cm³/mol. The summed E-state index contributed by atoms with van der Waals surface area (Å²) in [7, 11) is 1.82. The van der Waals surface area contributed by atoms with Crippen LogP contribution in [0.1, 0.15) is 23.2 Å². The number of oxazole rings is 1. The van der Waals surface area contributed by atoms with Gasteiger partial charge in [-0.15, -0.1) is 0 Å². The van der Waals surface area contributed by atoms with Gasteiger partial charge in [-0.25, -0.2) is 4.98 Å². The van der Waals surface area contributed by atoms with Crippen LogP contribution in [0.3, 0.4) is 0 Å². The summed E-state index contributed by atoms with van der Waals surface area (Å²) in [5.74, 6) is 2.05. The summed E-state index contributed by atoms with van der Waals surface area (Å²) in [6, 6.07) is 18.5. The molecule has 1 atom stereocenters. The molecule has 1 fully saturated rings. The molecule has 2 heterocycles. The van der Waals surface area contributed by atoms with Crippen molar-refractivity contribution in [2.75, 3.05) is 26.7 Å². The van der Waals surface area contributed by atoms with Crippen LogP contribution in [0.2, 0.25) is 0 Å². The number of hydrogen-bond donors (Lipinski definition) is 1. The van der Waals surface area contributed by atoms with Crippen molar-refractivity contribution >= 4 is 5.96 Å². The number of aliphatic imine (C=N–C) groups is 1. The highest BCUT2D eigenvalue weighted by molar-refractivity contribution is 5.80.